The van der Waals surface area contributed by atoms with Gasteiger partial charge in [-0.2, -0.15) is 5.26 Å². The van der Waals surface area contributed by atoms with Crippen molar-refractivity contribution in [3.05, 3.63) is 75.0 Å². The summed E-state index contributed by atoms with van der Waals surface area (Å²) in [5.41, 5.74) is 1.61. The highest BCUT2D eigenvalue weighted by atomic mass is 35.5. The number of hydrogen-bond donors (Lipinski definition) is 1. The van der Waals surface area contributed by atoms with Gasteiger partial charge in [0.1, 0.15) is 17.6 Å². The van der Waals surface area contributed by atoms with Gasteiger partial charge in [0.15, 0.2) is 0 Å². The van der Waals surface area contributed by atoms with E-state index in [4.69, 9.17) is 37.4 Å². The fourth-order valence-corrected chi connectivity index (χ4v) is 3.64. The number of carbonyl (C=O) groups is 1. The summed E-state index contributed by atoms with van der Waals surface area (Å²) in [7, 11) is 0. The van der Waals surface area contributed by atoms with Crippen LogP contribution in [0.4, 0.5) is 4.79 Å². The fraction of sp³-hybridized carbons (Fsp3) is 0.292. The average Bonchev–Trinajstić information content (AvgIpc) is 2.79. The summed E-state index contributed by atoms with van der Waals surface area (Å²) in [4.78, 5) is 16.1. The number of halogens is 2. The van der Waals surface area contributed by atoms with E-state index in [1.165, 1.54) is 0 Å². The zero-order valence-electron chi connectivity index (χ0n) is 18.2. The summed E-state index contributed by atoms with van der Waals surface area (Å²) in [5.74, 6) is 1.07. The molecule has 1 atom stereocenters. The maximum atomic E-state index is 11.7. The number of carbonyl (C=O) groups excluding carboxylic acids is 1. The molecular weight excluding hydrogens is 465 g/mol. The number of aliphatic imine (C=N–C) groups is 1. The van der Waals surface area contributed by atoms with Crippen molar-refractivity contribution in [2.45, 2.75) is 38.8 Å². The van der Waals surface area contributed by atoms with Gasteiger partial charge in [-0.15, -0.1) is 0 Å². The lowest BCUT2D eigenvalue weighted by Gasteiger charge is -2.25. The largest absolute Gasteiger partial charge is 0.511 e. The SMILES string of the molecule is CC(C)OC(=O)OCOc1ccc(Cl)cc1C(NC1=CCCC=N1)c1cccc(C#N)c1Cl. The first-order chi connectivity index (χ1) is 15.9. The van der Waals surface area contributed by atoms with Gasteiger partial charge < -0.3 is 19.5 Å². The normalized spacial score (nSPS) is 13.6. The Morgan fingerprint density at radius 2 is 2.03 bits per heavy atom. The molecule has 2 aromatic carbocycles. The minimum atomic E-state index is -0.832. The van der Waals surface area contributed by atoms with Crippen LogP contribution in [-0.4, -0.2) is 25.3 Å². The molecule has 0 saturated carbocycles. The van der Waals surface area contributed by atoms with Crippen molar-refractivity contribution < 1.29 is 19.0 Å². The molecule has 172 valence electrons. The Hall–Kier alpha value is -3.21. The van der Waals surface area contributed by atoms with Crippen LogP contribution in [0.1, 0.15) is 49.4 Å². The summed E-state index contributed by atoms with van der Waals surface area (Å²) in [6, 6.07) is 11.8. The third-order valence-electron chi connectivity index (χ3n) is 4.62. The first-order valence-electron chi connectivity index (χ1n) is 10.3. The molecule has 0 fully saturated rings. The maximum Gasteiger partial charge on any atom is 0.511 e. The number of nitriles is 1. The Kier molecular flexibility index (Phi) is 8.58. The Balaban J connectivity index is 1.97. The van der Waals surface area contributed by atoms with E-state index in [0.29, 0.717) is 38.3 Å². The van der Waals surface area contributed by atoms with Crippen LogP contribution < -0.4 is 10.1 Å². The first kappa shape index (κ1) is 24.4. The van der Waals surface area contributed by atoms with Crippen LogP contribution in [0.25, 0.3) is 0 Å². The van der Waals surface area contributed by atoms with Crippen LogP contribution >= 0.6 is 23.2 Å². The van der Waals surface area contributed by atoms with Crippen molar-refractivity contribution >= 4 is 35.6 Å². The van der Waals surface area contributed by atoms with Crippen LogP contribution in [0.2, 0.25) is 10.0 Å². The van der Waals surface area contributed by atoms with E-state index in [2.05, 4.69) is 16.4 Å². The molecule has 7 nitrogen and oxygen atoms in total. The number of benzene rings is 2. The highest BCUT2D eigenvalue weighted by Crippen LogP contribution is 2.37. The van der Waals surface area contributed by atoms with Crippen molar-refractivity contribution in [2.24, 2.45) is 4.99 Å². The molecule has 1 unspecified atom stereocenters. The molecule has 1 heterocycles. The maximum absolute atomic E-state index is 11.7. The third-order valence-corrected chi connectivity index (χ3v) is 5.28. The van der Waals surface area contributed by atoms with Gasteiger partial charge in [0.05, 0.1) is 22.7 Å². The minimum absolute atomic E-state index is 0.306. The lowest BCUT2D eigenvalue weighted by molar-refractivity contribution is -0.00850. The standard InChI is InChI=1S/C24H23Cl2N3O4/c1-15(2)33-24(30)32-14-31-20-10-9-17(25)12-19(20)23(29-21-8-3-4-11-28-21)18-7-5-6-16(13-27)22(18)26/h5-12,15,23,29H,3-4,14H2,1-2H3. The molecule has 33 heavy (non-hydrogen) atoms. The van der Waals surface area contributed by atoms with Crippen LogP contribution in [0.5, 0.6) is 5.75 Å². The highest BCUT2D eigenvalue weighted by molar-refractivity contribution is 6.32. The monoisotopic (exact) mass is 487 g/mol. The topological polar surface area (TPSA) is 92.9 Å². The molecule has 0 radical (unpaired) electrons. The number of ether oxygens (including phenoxy) is 3. The van der Waals surface area contributed by atoms with E-state index in [1.807, 2.05) is 18.4 Å². The summed E-state index contributed by atoms with van der Waals surface area (Å²) >= 11 is 12.9. The second kappa shape index (κ2) is 11.6. The zero-order valence-corrected chi connectivity index (χ0v) is 19.7. The van der Waals surface area contributed by atoms with E-state index in [-0.39, 0.29) is 12.9 Å². The van der Waals surface area contributed by atoms with Gasteiger partial charge in [0, 0.05) is 16.8 Å². The molecule has 0 aliphatic carbocycles. The second-order valence-electron chi connectivity index (χ2n) is 7.38. The summed E-state index contributed by atoms with van der Waals surface area (Å²) in [5, 5.41) is 13.6. The zero-order chi connectivity index (χ0) is 23.8. The van der Waals surface area contributed by atoms with Crippen LogP contribution in [0.3, 0.4) is 0 Å². The summed E-state index contributed by atoms with van der Waals surface area (Å²) < 4.78 is 15.7. The predicted octanol–water partition coefficient (Wildman–Crippen LogP) is 6.15. The minimum Gasteiger partial charge on any atom is -0.457 e. The van der Waals surface area contributed by atoms with Crippen LogP contribution in [0.15, 0.2) is 53.3 Å². The lowest BCUT2D eigenvalue weighted by Crippen LogP contribution is -2.24. The van der Waals surface area contributed by atoms with E-state index < -0.39 is 12.2 Å². The molecule has 2 aromatic rings. The van der Waals surface area contributed by atoms with Gasteiger partial charge in [0.25, 0.3) is 0 Å². The quantitative estimate of drug-likeness (QED) is 0.354. The van der Waals surface area contributed by atoms with Crippen LogP contribution in [-0.2, 0) is 9.47 Å². The van der Waals surface area contributed by atoms with Crippen molar-refractivity contribution in [2.75, 3.05) is 6.79 Å². The number of nitrogens with zero attached hydrogens (tertiary/aromatic N) is 2. The average molecular weight is 488 g/mol. The molecule has 0 amide bonds. The summed E-state index contributed by atoms with van der Waals surface area (Å²) in [6.45, 7) is 3.08. The Labute approximate surface area is 202 Å². The number of hydrogen-bond acceptors (Lipinski definition) is 7. The molecular formula is C24H23Cl2N3O4. The number of allylic oxidation sites excluding steroid dienone is 1. The Morgan fingerprint density at radius 3 is 2.73 bits per heavy atom. The van der Waals surface area contributed by atoms with Crippen molar-refractivity contribution in [3.63, 3.8) is 0 Å². The molecule has 1 aliphatic heterocycles. The van der Waals surface area contributed by atoms with Crippen molar-refractivity contribution in [1.82, 2.24) is 5.32 Å². The molecule has 0 bridgehead atoms. The fourth-order valence-electron chi connectivity index (χ4n) is 3.18. The Bertz CT molecular complexity index is 1110. The lowest BCUT2D eigenvalue weighted by atomic mass is 9.96. The number of nitrogens with one attached hydrogen (secondary N) is 1. The van der Waals surface area contributed by atoms with E-state index in [0.717, 1.165) is 12.8 Å². The van der Waals surface area contributed by atoms with Crippen molar-refractivity contribution in [1.29, 1.82) is 5.26 Å². The molecule has 0 aromatic heterocycles. The van der Waals surface area contributed by atoms with Gasteiger partial charge in [-0.3, -0.25) is 0 Å². The highest BCUT2D eigenvalue weighted by Gasteiger charge is 2.24. The van der Waals surface area contributed by atoms with Crippen molar-refractivity contribution in [3.8, 4) is 11.8 Å². The Morgan fingerprint density at radius 1 is 1.21 bits per heavy atom. The molecule has 1 N–H and O–H groups in total. The predicted molar refractivity (Wildman–Crippen MR) is 127 cm³/mol. The molecule has 1 aliphatic rings. The van der Waals surface area contributed by atoms with E-state index in [1.54, 1.807) is 44.2 Å². The van der Waals surface area contributed by atoms with Gasteiger partial charge in [-0.25, -0.2) is 9.79 Å². The van der Waals surface area contributed by atoms with Gasteiger partial charge in [-0.1, -0.05) is 35.3 Å². The van der Waals surface area contributed by atoms with Crippen LogP contribution in [0, 0.1) is 11.3 Å². The van der Waals surface area contributed by atoms with E-state index in [9.17, 15) is 10.1 Å². The first-order valence-corrected chi connectivity index (χ1v) is 11.1. The van der Waals surface area contributed by atoms with Gasteiger partial charge in [0.2, 0.25) is 6.79 Å². The van der Waals surface area contributed by atoms with Gasteiger partial charge >= 0.3 is 6.16 Å². The second-order valence-corrected chi connectivity index (χ2v) is 8.20. The van der Waals surface area contributed by atoms with E-state index >= 15 is 0 Å². The molecule has 9 heteroatoms. The third kappa shape index (κ3) is 6.64. The smallest absolute Gasteiger partial charge is 0.457 e. The number of rotatable bonds is 8. The van der Waals surface area contributed by atoms with Gasteiger partial charge in [-0.05, 0) is 62.6 Å². The molecule has 0 saturated heterocycles. The molecule has 3 rings (SSSR count). The summed E-state index contributed by atoms with van der Waals surface area (Å²) in [6.07, 6.45) is 4.37. The molecule has 0 spiro atoms.